The summed E-state index contributed by atoms with van der Waals surface area (Å²) in [5.74, 6) is 0.354. The Morgan fingerprint density at radius 1 is 1.05 bits per heavy atom. The number of allylic oxidation sites excluding steroid dienone is 2. The van der Waals surface area contributed by atoms with Gasteiger partial charge < -0.3 is 14.5 Å². The van der Waals surface area contributed by atoms with Gasteiger partial charge in [-0.1, -0.05) is 80.6 Å². The summed E-state index contributed by atoms with van der Waals surface area (Å²) in [6.07, 6.45) is 4.89. The number of aryl methyl sites for hydroxylation is 2. The number of carbonyl (C=O) groups is 1. The van der Waals surface area contributed by atoms with Gasteiger partial charge in [-0.2, -0.15) is 0 Å². The number of benzene rings is 2. The van der Waals surface area contributed by atoms with E-state index in [4.69, 9.17) is 8.53 Å². The van der Waals surface area contributed by atoms with Crippen molar-refractivity contribution >= 4 is 27.9 Å². The smallest absolute Gasteiger partial charge is 0.216 e. The van der Waals surface area contributed by atoms with Gasteiger partial charge >= 0.3 is 0 Å². The van der Waals surface area contributed by atoms with Crippen LogP contribution in [-0.4, -0.2) is 20.9 Å². The normalized spacial score (nSPS) is 14.2. The van der Waals surface area contributed by atoms with Crippen LogP contribution in [0.5, 0.6) is 0 Å². The van der Waals surface area contributed by atoms with Crippen molar-refractivity contribution in [1.29, 1.82) is 0 Å². The first-order valence-electron chi connectivity index (χ1n) is 15.1. The van der Waals surface area contributed by atoms with E-state index in [1.165, 1.54) is 17.7 Å². The van der Waals surface area contributed by atoms with Gasteiger partial charge in [-0.3, -0.25) is 4.79 Å². The molecule has 3 heterocycles. The van der Waals surface area contributed by atoms with E-state index in [2.05, 4.69) is 41.2 Å². The number of hydrogen-bond acceptors (Lipinski definition) is 5. The molecule has 6 heteroatoms. The molecule has 0 spiro atoms. The Bertz CT molecular complexity index is 1760. The topological polar surface area (TPSA) is 76.2 Å². The van der Waals surface area contributed by atoms with E-state index in [1.807, 2.05) is 64.2 Å². The fourth-order valence-corrected chi connectivity index (χ4v) is 4.19. The molecule has 2 atom stereocenters. The summed E-state index contributed by atoms with van der Waals surface area (Å²) in [6, 6.07) is 22.4. The maximum atomic E-state index is 11.4. The third-order valence-electron chi connectivity index (χ3n) is 7.18. The van der Waals surface area contributed by atoms with E-state index in [9.17, 15) is 9.90 Å². The van der Waals surface area contributed by atoms with Gasteiger partial charge in [-0.25, -0.2) is 4.98 Å². The Balaban J connectivity index is 0.000000324. The number of carbonyl (C=O) groups excluding carboxylic acids is 1. The number of aliphatic hydroxyl groups excluding tert-OH is 1. The largest absolute Gasteiger partial charge is 0.512 e. The third kappa shape index (κ3) is 7.58. The van der Waals surface area contributed by atoms with Crippen LogP contribution in [0.2, 0.25) is 0 Å². The summed E-state index contributed by atoms with van der Waals surface area (Å²) < 4.78 is 28.7. The molecule has 0 saturated heterocycles. The second kappa shape index (κ2) is 14.3. The summed E-state index contributed by atoms with van der Waals surface area (Å²) in [5, 5.41) is 11.1. The molecule has 0 saturated carbocycles. The van der Waals surface area contributed by atoms with E-state index < -0.39 is 6.85 Å². The van der Waals surface area contributed by atoms with Gasteiger partial charge in [0.2, 0.25) is 5.71 Å². The summed E-state index contributed by atoms with van der Waals surface area (Å²) >= 11 is 0. The zero-order valence-corrected chi connectivity index (χ0v) is 26.4. The molecule has 5 nitrogen and oxygen atoms in total. The van der Waals surface area contributed by atoms with Crippen LogP contribution in [0.1, 0.15) is 55.9 Å². The number of pyridine rings is 2. The van der Waals surface area contributed by atoms with Crippen LogP contribution in [0.25, 0.3) is 44.5 Å². The van der Waals surface area contributed by atoms with Gasteiger partial charge in [-0.15, -0.1) is 18.2 Å². The molecule has 41 heavy (non-hydrogen) atoms. The number of aliphatic hydroxyl groups is 1. The Morgan fingerprint density at radius 3 is 2.49 bits per heavy atom. The van der Waals surface area contributed by atoms with Crippen LogP contribution >= 0.6 is 0 Å². The van der Waals surface area contributed by atoms with Crippen LogP contribution in [0.4, 0.5) is 0 Å². The van der Waals surface area contributed by atoms with Crippen LogP contribution in [-0.2, 0) is 24.9 Å². The van der Waals surface area contributed by atoms with Crippen molar-refractivity contribution in [3.05, 3.63) is 96.0 Å². The SMILES string of the molecule is CCC(C)C(=O)/C=C(\O)C(C)CC.[2H]C([2H])([2H])c1ccc2c(n1)oc1c(-c3ccc(-c4cccc(C)c4)cn3)[c-]ccc12.[Ir]. The molecule has 3 aromatic heterocycles. The van der Waals surface area contributed by atoms with Crippen molar-refractivity contribution in [2.75, 3.05) is 0 Å². The summed E-state index contributed by atoms with van der Waals surface area (Å²) in [6.45, 7) is 7.53. The van der Waals surface area contributed by atoms with E-state index in [0.717, 1.165) is 46.0 Å². The van der Waals surface area contributed by atoms with Crippen LogP contribution in [0.3, 0.4) is 0 Å². The fraction of sp³-hybridized carbons (Fsp3) is 0.286. The number of ketones is 1. The predicted octanol–water partition coefficient (Wildman–Crippen LogP) is 9.21. The molecule has 215 valence electrons. The molecule has 2 aromatic carbocycles. The van der Waals surface area contributed by atoms with E-state index in [0.29, 0.717) is 11.3 Å². The number of rotatable bonds is 7. The average molecular weight is 729 g/mol. The molecule has 0 aliphatic rings. The van der Waals surface area contributed by atoms with Crippen molar-refractivity contribution in [1.82, 2.24) is 9.97 Å². The van der Waals surface area contributed by atoms with Crippen molar-refractivity contribution < 1.29 is 38.5 Å². The number of hydrogen-bond donors (Lipinski definition) is 1. The Labute approximate surface area is 260 Å². The van der Waals surface area contributed by atoms with Gasteiger partial charge in [0.1, 0.15) is 0 Å². The zero-order valence-electron chi connectivity index (χ0n) is 27.0. The minimum atomic E-state index is -2.28. The maximum absolute atomic E-state index is 11.4. The first-order valence-corrected chi connectivity index (χ1v) is 13.6. The second-order valence-corrected chi connectivity index (χ2v) is 10.1. The summed E-state index contributed by atoms with van der Waals surface area (Å²) in [7, 11) is 0. The Kier molecular flexibility index (Phi) is 9.64. The summed E-state index contributed by atoms with van der Waals surface area (Å²) in [5.41, 5.74) is 5.70. The first-order chi connectivity index (χ1) is 20.4. The number of furan rings is 1. The standard InChI is InChI=1S/C24H17N2O.C11H20O2.Ir/c1-15-5-3-6-17(13-15)18-10-12-22(25-14-18)21-8-4-7-19-20-11-9-16(2)26-24(20)27-23(19)21;1-5-8(3)10(12)7-11(13)9(4)6-2;/h3-7,9-14H,1-2H3;7-9,12H,5-6H2,1-4H3;/q-1;;/b;10-7-;/i2D3;;. The van der Waals surface area contributed by atoms with Gasteiger partial charge in [-0.05, 0) is 55.6 Å². The van der Waals surface area contributed by atoms with Crippen molar-refractivity contribution in [3.63, 3.8) is 0 Å². The minimum absolute atomic E-state index is 0. The molecule has 2 unspecified atom stereocenters. The first kappa shape index (κ1) is 27.6. The molecule has 0 bridgehead atoms. The van der Waals surface area contributed by atoms with E-state index in [-0.39, 0.29) is 49.2 Å². The molecule has 0 fully saturated rings. The fourth-order valence-electron chi connectivity index (χ4n) is 4.19. The number of nitrogens with zero attached hydrogens (tertiary/aromatic N) is 2. The monoisotopic (exact) mass is 729 g/mol. The number of aromatic nitrogens is 2. The molecule has 0 aliphatic heterocycles. The minimum Gasteiger partial charge on any atom is -0.512 e. The van der Waals surface area contributed by atoms with Crippen molar-refractivity contribution in [3.8, 4) is 22.4 Å². The maximum Gasteiger partial charge on any atom is 0.216 e. The second-order valence-electron chi connectivity index (χ2n) is 10.1. The number of fused-ring (bicyclic) bond motifs is 3. The van der Waals surface area contributed by atoms with Gasteiger partial charge in [0, 0.05) is 59.4 Å². The van der Waals surface area contributed by atoms with Crippen LogP contribution in [0, 0.1) is 31.7 Å². The van der Waals surface area contributed by atoms with Gasteiger partial charge in [0.05, 0.1) is 11.3 Å². The van der Waals surface area contributed by atoms with E-state index >= 15 is 0 Å². The Hall–Kier alpha value is -3.60. The molecule has 5 rings (SSSR count). The molecule has 1 N–H and O–H groups in total. The van der Waals surface area contributed by atoms with Crippen molar-refractivity contribution in [2.24, 2.45) is 11.8 Å². The third-order valence-corrected chi connectivity index (χ3v) is 7.18. The quantitative estimate of drug-likeness (QED) is 0.103. The molecular weight excluding hydrogens is 689 g/mol. The zero-order chi connectivity index (χ0) is 31.3. The van der Waals surface area contributed by atoms with E-state index in [1.54, 1.807) is 6.07 Å². The Morgan fingerprint density at radius 2 is 1.83 bits per heavy atom. The molecule has 1 radical (unpaired) electrons. The van der Waals surface area contributed by atoms with Crippen LogP contribution < -0.4 is 0 Å². The van der Waals surface area contributed by atoms with Crippen LogP contribution in [0.15, 0.2) is 83.1 Å². The van der Waals surface area contributed by atoms with Gasteiger partial charge in [0.15, 0.2) is 5.78 Å². The molecule has 0 amide bonds. The summed E-state index contributed by atoms with van der Waals surface area (Å²) in [4.78, 5) is 20.2. The molecular formula is C35H37IrN2O3-. The van der Waals surface area contributed by atoms with Crippen molar-refractivity contribution in [2.45, 2.75) is 54.3 Å². The van der Waals surface area contributed by atoms with Gasteiger partial charge in [0.25, 0.3) is 0 Å². The average Bonchev–Trinajstić information content (AvgIpc) is 3.38. The predicted molar refractivity (Wildman–Crippen MR) is 163 cm³/mol. The molecule has 0 aliphatic carbocycles. The molecule has 5 aromatic rings.